The minimum atomic E-state index is 0.200. The van der Waals surface area contributed by atoms with Crippen molar-refractivity contribution in [2.45, 2.75) is 13.5 Å². The van der Waals surface area contributed by atoms with Crippen LogP contribution in [0.2, 0.25) is 0 Å². The molecule has 0 spiro atoms. The van der Waals surface area contributed by atoms with Gasteiger partial charge in [0.05, 0.1) is 30.1 Å². The van der Waals surface area contributed by atoms with E-state index in [4.69, 9.17) is 10.5 Å². The first-order valence-electron chi connectivity index (χ1n) is 8.12. The Kier molecular flexibility index (Phi) is 5.12. The van der Waals surface area contributed by atoms with Crippen molar-refractivity contribution >= 4 is 28.7 Å². The predicted molar refractivity (Wildman–Crippen MR) is 103 cm³/mol. The number of ether oxygens (including phenoxy) is 1. The Hall–Kier alpha value is -3.42. The molecule has 0 aliphatic heterocycles. The molecule has 0 saturated carbocycles. The molecule has 3 rings (SSSR count). The molecule has 0 aliphatic carbocycles. The van der Waals surface area contributed by atoms with Gasteiger partial charge in [0.2, 0.25) is 11.8 Å². The molecule has 0 saturated heterocycles. The number of nitrogens with two attached hydrogens (primary N) is 1. The van der Waals surface area contributed by atoms with Gasteiger partial charge in [-0.3, -0.25) is 9.98 Å². The van der Waals surface area contributed by atoms with Crippen LogP contribution in [0.4, 0.5) is 11.8 Å². The molecule has 0 radical (unpaired) electrons. The van der Waals surface area contributed by atoms with E-state index in [-0.39, 0.29) is 5.95 Å². The predicted octanol–water partition coefficient (Wildman–Crippen LogP) is 2.45. The highest BCUT2D eigenvalue weighted by Crippen LogP contribution is 2.23. The molecule has 3 heterocycles. The smallest absolute Gasteiger partial charge is 0.222 e. The van der Waals surface area contributed by atoms with E-state index in [1.165, 1.54) is 0 Å². The average molecular weight is 351 g/mol. The van der Waals surface area contributed by atoms with Crippen molar-refractivity contribution in [1.29, 1.82) is 0 Å². The van der Waals surface area contributed by atoms with E-state index in [0.717, 1.165) is 16.7 Å². The second-order valence-corrected chi connectivity index (χ2v) is 5.70. The Bertz CT molecular complexity index is 947. The van der Waals surface area contributed by atoms with Crippen molar-refractivity contribution in [3.8, 4) is 0 Å². The van der Waals surface area contributed by atoms with Crippen LogP contribution in [0.25, 0.3) is 11.0 Å². The molecule has 0 unspecified atom stereocenters. The third kappa shape index (κ3) is 3.97. The number of rotatable bonds is 6. The van der Waals surface area contributed by atoms with Gasteiger partial charge in [0.1, 0.15) is 5.52 Å². The fourth-order valence-electron chi connectivity index (χ4n) is 2.57. The summed E-state index contributed by atoms with van der Waals surface area (Å²) in [5.74, 6) is 1.88. The van der Waals surface area contributed by atoms with Gasteiger partial charge in [0.25, 0.3) is 0 Å². The fraction of sp³-hybridized carbons (Fsp3) is 0.222. The number of anilines is 2. The molecular formula is C18H21N7O. The number of nitrogens with zero attached hydrogens (tertiary/aromatic N) is 5. The van der Waals surface area contributed by atoms with Crippen LogP contribution in [-0.2, 0) is 11.3 Å². The molecule has 0 fully saturated rings. The van der Waals surface area contributed by atoms with E-state index in [9.17, 15) is 0 Å². The third-order valence-electron chi connectivity index (χ3n) is 3.63. The highest BCUT2D eigenvalue weighted by Gasteiger charge is 2.13. The number of hydrogen-bond donors (Lipinski definition) is 2. The Balaban J connectivity index is 1.91. The highest BCUT2D eigenvalue weighted by molar-refractivity contribution is 5.90. The first-order chi connectivity index (χ1) is 12.6. The number of aromatic nitrogens is 4. The molecule has 0 aromatic carbocycles. The molecule has 0 atom stereocenters. The Morgan fingerprint density at radius 1 is 1.35 bits per heavy atom. The van der Waals surface area contributed by atoms with Crippen LogP contribution in [0.1, 0.15) is 12.6 Å². The molecule has 0 bridgehead atoms. The maximum absolute atomic E-state index is 5.85. The summed E-state index contributed by atoms with van der Waals surface area (Å²) < 4.78 is 7.50. The zero-order valence-corrected chi connectivity index (χ0v) is 14.8. The fourth-order valence-corrected chi connectivity index (χ4v) is 2.57. The van der Waals surface area contributed by atoms with Crippen LogP contribution in [-0.4, -0.2) is 39.0 Å². The van der Waals surface area contributed by atoms with Crippen LogP contribution in [0.15, 0.2) is 54.0 Å². The van der Waals surface area contributed by atoms with Gasteiger partial charge >= 0.3 is 0 Å². The monoisotopic (exact) mass is 351 g/mol. The first kappa shape index (κ1) is 17.4. The lowest BCUT2D eigenvalue weighted by atomic mass is 10.3. The standard InChI is InChI=1S/C18H21N7O/c1-12(2)26-15(20-3)10-22-17-16-14(23-18(19)24-17)7-9-25(16)11-13-6-4-5-8-21-13/h4-9H,1,10-11H2,2-3H3,(H3,19,22,23,24)/b20-15-. The van der Waals surface area contributed by atoms with Crippen molar-refractivity contribution in [2.75, 3.05) is 24.6 Å². The zero-order valence-electron chi connectivity index (χ0n) is 14.8. The number of nitrogen functional groups attached to an aromatic ring is 1. The number of allylic oxidation sites excluding steroid dienone is 1. The van der Waals surface area contributed by atoms with Crippen molar-refractivity contribution in [1.82, 2.24) is 19.5 Å². The van der Waals surface area contributed by atoms with Gasteiger partial charge in [-0.1, -0.05) is 12.6 Å². The summed E-state index contributed by atoms with van der Waals surface area (Å²) in [7, 11) is 1.66. The van der Waals surface area contributed by atoms with Crippen LogP contribution >= 0.6 is 0 Å². The molecule has 134 valence electrons. The summed E-state index contributed by atoms with van der Waals surface area (Å²) in [6.45, 7) is 6.45. The van der Waals surface area contributed by atoms with Gasteiger partial charge in [-0.25, -0.2) is 4.98 Å². The van der Waals surface area contributed by atoms with E-state index in [1.807, 2.05) is 35.0 Å². The third-order valence-corrected chi connectivity index (χ3v) is 3.63. The van der Waals surface area contributed by atoms with E-state index in [2.05, 4.69) is 31.8 Å². The Labute approximate surface area is 151 Å². The second kappa shape index (κ2) is 7.64. The number of nitrogens with one attached hydrogen (secondary N) is 1. The van der Waals surface area contributed by atoms with Crippen LogP contribution < -0.4 is 11.1 Å². The summed E-state index contributed by atoms with van der Waals surface area (Å²) in [6.07, 6.45) is 3.71. The topological polar surface area (TPSA) is 103 Å². The highest BCUT2D eigenvalue weighted by atomic mass is 16.5. The molecule has 3 aromatic heterocycles. The van der Waals surface area contributed by atoms with E-state index < -0.39 is 0 Å². The summed E-state index contributed by atoms with van der Waals surface area (Å²) in [5, 5.41) is 3.23. The lowest BCUT2D eigenvalue weighted by Crippen LogP contribution is -2.18. The molecular weight excluding hydrogens is 330 g/mol. The molecule has 3 aromatic rings. The Morgan fingerprint density at radius 3 is 2.88 bits per heavy atom. The summed E-state index contributed by atoms with van der Waals surface area (Å²) in [5.41, 5.74) is 8.39. The van der Waals surface area contributed by atoms with Gasteiger partial charge in [0, 0.05) is 19.4 Å². The van der Waals surface area contributed by atoms with Crippen molar-refractivity contribution in [3.05, 3.63) is 54.7 Å². The second-order valence-electron chi connectivity index (χ2n) is 5.70. The zero-order chi connectivity index (χ0) is 18.5. The van der Waals surface area contributed by atoms with Crippen molar-refractivity contribution in [3.63, 3.8) is 0 Å². The van der Waals surface area contributed by atoms with Crippen LogP contribution in [0.3, 0.4) is 0 Å². The maximum atomic E-state index is 5.85. The van der Waals surface area contributed by atoms with Crippen molar-refractivity contribution < 1.29 is 4.74 Å². The van der Waals surface area contributed by atoms with E-state index >= 15 is 0 Å². The largest absolute Gasteiger partial charge is 0.447 e. The molecule has 0 aliphatic rings. The summed E-state index contributed by atoms with van der Waals surface area (Å²) >= 11 is 0. The van der Waals surface area contributed by atoms with Crippen molar-refractivity contribution in [2.24, 2.45) is 4.99 Å². The number of hydrogen-bond acceptors (Lipinski definition) is 7. The normalized spacial score (nSPS) is 11.5. The summed E-state index contributed by atoms with van der Waals surface area (Å²) in [4.78, 5) is 17.1. The molecule has 26 heavy (non-hydrogen) atoms. The lowest BCUT2D eigenvalue weighted by Gasteiger charge is -2.12. The molecule has 3 N–H and O–H groups in total. The van der Waals surface area contributed by atoms with Crippen LogP contribution in [0, 0.1) is 0 Å². The van der Waals surface area contributed by atoms with Gasteiger partial charge in [-0.2, -0.15) is 4.98 Å². The lowest BCUT2D eigenvalue weighted by molar-refractivity contribution is 0.413. The van der Waals surface area contributed by atoms with Gasteiger partial charge in [0.15, 0.2) is 5.82 Å². The molecule has 8 nitrogen and oxygen atoms in total. The molecule has 0 amide bonds. The SMILES string of the molecule is C=C(C)O/C(CNc1nc(N)nc2ccn(Cc3ccccn3)c12)=N\C. The maximum Gasteiger partial charge on any atom is 0.222 e. The Morgan fingerprint density at radius 2 is 2.19 bits per heavy atom. The number of fused-ring (bicyclic) bond motifs is 1. The number of aliphatic imine (C=N–C) groups is 1. The minimum absolute atomic E-state index is 0.200. The van der Waals surface area contributed by atoms with E-state index in [1.54, 1.807) is 20.2 Å². The van der Waals surface area contributed by atoms with Gasteiger partial charge < -0.3 is 20.4 Å². The minimum Gasteiger partial charge on any atom is -0.447 e. The van der Waals surface area contributed by atoms with Crippen LogP contribution in [0.5, 0.6) is 0 Å². The quantitative estimate of drug-likeness (QED) is 0.402. The van der Waals surface area contributed by atoms with Gasteiger partial charge in [-0.15, -0.1) is 0 Å². The average Bonchev–Trinajstić information content (AvgIpc) is 3.01. The molecule has 8 heteroatoms. The first-order valence-corrected chi connectivity index (χ1v) is 8.12. The van der Waals surface area contributed by atoms with Gasteiger partial charge in [-0.05, 0) is 25.1 Å². The van der Waals surface area contributed by atoms with E-state index in [0.29, 0.717) is 30.6 Å². The number of pyridine rings is 1. The summed E-state index contributed by atoms with van der Waals surface area (Å²) in [6, 6.07) is 7.72.